The number of Topliss-reactive ketones (excluding diaryl/α,β-unsaturated/α-hetero) is 1. The molecule has 0 atom stereocenters. The van der Waals surface area contributed by atoms with Crippen LogP contribution in [0.4, 0.5) is 0 Å². The number of aryl methyl sites for hydroxylation is 4. The molecule has 0 fully saturated rings. The molecule has 4 heteroatoms. The van der Waals surface area contributed by atoms with Crippen molar-refractivity contribution in [3.8, 4) is 5.75 Å². The monoisotopic (exact) mass is 364 g/mol. The standard InChI is InChI=1S/C23H24O4/c1-13-8-14(2)10-18(9-13)12-26-21-7-6-19-16(4)20(11-15(3)24)23(25)27-22(19)17(21)5/h6-10H,11-12H2,1-5H3. The number of carbonyl (C=O) groups is 1. The first kappa shape index (κ1) is 18.9. The first-order valence-electron chi connectivity index (χ1n) is 9.01. The Labute approximate surface area is 158 Å². The summed E-state index contributed by atoms with van der Waals surface area (Å²) in [5, 5.41) is 0.835. The molecular formula is C23H24O4. The first-order valence-corrected chi connectivity index (χ1v) is 9.01. The molecule has 1 heterocycles. The minimum absolute atomic E-state index is 0.0603. The lowest BCUT2D eigenvalue weighted by atomic mass is 10.0. The molecule has 3 rings (SSSR count). The zero-order valence-electron chi connectivity index (χ0n) is 16.4. The van der Waals surface area contributed by atoms with Crippen LogP contribution < -0.4 is 10.4 Å². The molecule has 3 aromatic rings. The number of carbonyl (C=O) groups excluding carboxylic acids is 1. The molecule has 0 aliphatic carbocycles. The minimum Gasteiger partial charge on any atom is -0.488 e. The van der Waals surface area contributed by atoms with E-state index >= 15 is 0 Å². The number of rotatable bonds is 5. The van der Waals surface area contributed by atoms with E-state index < -0.39 is 5.63 Å². The Morgan fingerprint density at radius 1 is 1.00 bits per heavy atom. The quantitative estimate of drug-likeness (QED) is 0.614. The fourth-order valence-corrected chi connectivity index (χ4v) is 3.49. The van der Waals surface area contributed by atoms with Crippen molar-refractivity contribution in [3.05, 3.63) is 74.1 Å². The smallest absolute Gasteiger partial charge is 0.340 e. The lowest BCUT2D eigenvalue weighted by molar-refractivity contribution is -0.116. The number of fused-ring (bicyclic) bond motifs is 1. The van der Waals surface area contributed by atoms with Crippen LogP contribution in [-0.2, 0) is 17.8 Å². The van der Waals surface area contributed by atoms with Gasteiger partial charge in [0.1, 0.15) is 23.7 Å². The van der Waals surface area contributed by atoms with Crippen LogP contribution in [0.25, 0.3) is 11.0 Å². The maximum Gasteiger partial charge on any atom is 0.340 e. The number of benzene rings is 2. The molecule has 0 spiro atoms. The lowest BCUT2D eigenvalue weighted by Crippen LogP contribution is -2.14. The summed E-state index contributed by atoms with van der Waals surface area (Å²) in [6.45, 7) is 9.78. The van der Waals surface area contributed by atoms with E-state index in [-0.39, 0.29) is 12.2 Å². The fraction of sp³-hybridized carbons (Fsp3) is 0.304. The molecule has 0 radical (unpaired) electrons. The van der Waals surface area contributed by atoms with E-state index in [1.807, 2.05) is 26.0 Å². The predicted octanol–water partition coefficient (Wildman–Crippen LogP) is 4.74. The number of ether oxygens (including phenoxy) is 1. The summed E-state index contributed by atoms with van der Waals surface area (Å²) in [7, 11) is 0. The van der Waals surface area contributed by atoms with Gasteiger partial charge in [-0.1, -0.05) is 29.3 Å². The molecule has 0 aliphatic heterocycles. The second kappa shape index (κ2) is 7.39. The summed E-state index contributed by atoms with van der Waals surface area (Å²) in [6.07, 6.45) is 0.0914. The van der Waals surface area contributed by atoms with Gasteiger partial charge in [-0.3, -0.25) is 4.79 Å². The van der Waals surface area contributed by atoms with E-state index in [2.05, 4.69) is 32.0 Å². The van der Waals surface area contributed by atoms with Gasteiger partial charge in [0.2, 0.25) is 0 Å². The highest BCUT2D eigenvalue weighted by atomic mass is 16.5. The highest BCUT2D eigenvalue weighted by Crippen LogP contribution is 2.30. The molecule has 2 aromatic carbocycles. The van der Waals surface area contributed by atoms with Gasteiger partial charge in [-0.2, -0.15) is 0 Å². The Hall–Kier alpha value is -2.88. The molecule has 0 unspecified atom stereocenters. The van der Waals surface area contributed by atoms with Crippen LogP contribution in [0.15, 0.2) is 39.5 Å². The van der Waals surface area contributed by atoms with E-state index in [1.54, 1.807) is 0 Å². The molecule has 0 saturated carbocycles. The van der Waals surface area contributed by atoms with E-state index in [0.29, 0.717) is 23.5 Å². The summed E-state index contributed by atoms with van der Waals surface area (Å²) in [6, 6.07) is 10.1. The van der Waals surface area contributed by atoms with Crippen molar-refractivity contribution in [3.63, 3.8) is 0 Å². The molecular weight excluding hydrogens is 340 g/mol. The van der Waals surface area contributed by atoms with Crippen molar-refractivity contribution in [2.24, 2.45) is 0 Å². The van der Waals surface area contributed by atoms with Gasteiger partial charge < -0.3 is 9.15 Å². The molecule has 0 saturated heterocycles. The lowest BCUT2D eigenvalue weighted by Gasteiger charge is -2.13. The van der Waals surface area contributed by atoms with Gasteiger partial charge in [-0.05, 0) is 57.9 Å². The molecule has 140 valence electrons. The molecule has 0 amide bonds. The van der Waals surface area contributed by atoms with E-state index in [4.69, 9.17) is 9.15 Å². The molecule has 1 aromatic heterocycles. The third kappa shape index (κ3) is 3.95. The molecule has 0 N–H and O–H groups in total. The summed E-state index contributed by atoms with van der Waals surface area (Å²) < 4.78 is 11.5. The van der Waals surface area contributed by atoms with Crippen LogP contribution in [-0.4, -0.2) is 5.78 Å². The predicted molar refractivity (Wildman–Crippen MR) is 107 cm³/mol. The van der Waals surface area contributed by atoms with Gasteiger partial charge >= 0.3 is 5.63 Å². The topological polar surface area (TPSA) is 56.5 Å². The van der Waals surface area contributed by atoms with Crippen LogP contribution in [0, 0.1) is 27.7 Å². The number of hydrogen-bond donors (Lipinski definition) is 0. The van der Waals surface area contributed by atoms with Crippen molar-refractivity contribution < 1.29 is 13.9 Å². The van der Waals surface area contributed by atoms with Crippen LogP contribution in [0.1, 0.15) is 40.3 Å². The Morgan fingerprint density at radius 3 is 2.30 bits per heavy atom. The Balaban J connectivity index is 1.97. The normalized spacial score (nSPS) is 11.0. The number of hydrogen-bond acceptors (Lipinski definition) is 4. The molecule has 0 bridgehead atoms. The Morgan fingerprint density at radius 2 is 1.67 bits per heavy atom. The Kier molecular flexibility index (Phi) is 5.17. The maximum absolute atomic E-state index is 12.3. The SMILES string of the molecule is CC(=O)Cc1c(C)c2ccc(OCc3cc(C)cc(C)c3)c(C)c2oc1=O. The largest absolute Gasteiger partial charge is 0.488 e. The highest BCUT2D eigenvalue weighted by molar-refractivity contribution is 5.87. The highest BCUT2D eigenvalue weighted by Gasteiger charge is 2.16. The second-order valence-electron chi connectivity index (χ2n) is 7.22. The average Bonchev–Trinajstić information content (AvgIpc) is 2.57. The van der Waals surface area contributed by atoms with Crippen molar-refractivity contribution in [2.45, 2.75) is 47.6 Å². The van der Waals surface area contributed by atoms with Crippen LogP contribution in [0.2, 0.25) is 0 Å². The van der Waals surface area contributed by atoms with Gasteiger partial charge in [0.15, 0.2) is 0 Å². The summed E-state index contributed by atoms with van der Waals surface area (Å²) in [4.78, 5) is 23.8. The van der Waals surface area contributed by atoms with Crippen molar-refractivity contribution in [2.75, 3.05) is 0 Å². The van der Waals surface area contributed by atoms with Gasteiger partial charge in [0.05, 0.1) is 0 Å². The van der Waals surface area contributed by atoms with E-state index in [0.717, 1.165) is 22.1 Å². The third-order valence-electron chi connectivity index (χ3n) is 4.76. The van der Waals surface area contributed by atoms with Crippen molar-refractivity contribution in [1.29, 1.82) is 0 Å². The van der Waals surface area contributed by atoms with E-state index in [1.165, 1.54) is 18.1 Å². The summed E-state index contributed by atoms with van der Waals surface area (Å²) >= 11 is 0. The summed E-state index contributed by atoms with van der Waals surface area (Å²) in [5.74, 6) is 0.624. The second-order valence-corrected chi connectivity index (χ2v) is 7.22. The maximum atomic E-state index is 12.3. The van der Waals surface area contributed by atoms with Crippen molar-refractivity contribution in [1.82, 2.24) is 0 Å². The van der Waals surface area contributed by atoms with Gasteiger partial charge in [-0.25, -0.2) is 4.79 Å². The molecule has 4 nitrogen and oxygen atoms in total. The number of ketones is 1. The van der Waals surface area contributed by atoms with Crippen LogP contribution in [0.5, 0.6) is 5.75 Å². The van der Waals surface area contributed by atoms with Crippen LogP contribution >= 0.6 is 0 Å². The minimum atomic E-state index is -0.454. The van der Waals surface area contributed by atoms with Crippen LogP contribution in [0.3, 0.4) is 0 Å². The third-order valence-corrected chi connectivity index (χ3v) is 4.76. The summed E-state index contributed by atoms with van der Waals surface area (Å²) in [5.41, 5.74) is 5.56. The van der Waals surface area contributed by atoms with Gasteiger partial charge in [-0.15, -0.1) is 0 Å². The zero-order valence-corrected chi connectivity index (χ0v) is 16.4. The first-order chi connectivity index (χ1) is 12.8. The van der Waals surface area contributed by atoms with E-state index in [9.17, 15) is 9.59 Å². The Bertz CT molecular complexity index is 1070. The zero-order chi connectivity index (χ0) is 19.7. The van der Waals surface area contributed by atoms with Gasteiger partial charge in [0.25, 0.3) is 0 Å². The fourth-order valence-electron chi connectivity index (χ4n) is 3.49. The molecule has 0 aliphatic rings. The van der Waals surface area contributed by atoms with Crippen molar-refractivity contribution >= 4 is 16.8 Å². The van der Waals surface area contributed by atoms with Gasteiger partial charge in [0, 0.05) is 22.9 Å². The average molecular weight is 364 g/mol. The molecule has 27 heavy (non-hydrogen) atoms.